The Hall–Kier alpha value is -3.31. The van der Waals surface area contributed by atoms with Gasteiger partial charge in [-0.15, -0.1) is 11.8 Å². The zero-order valence-electron chi connectivity index (χ0n) is 16.4. The molecule has 0 spiro atoms. The van der Waals surface area contributed by atoms with E-state index in [1.54, 1.807) is 0 Å². The maximum atomic E-state index is 4.92. The van der Waals surface area contributed by atoms with Crippen molar-refractivity contribution >= 4 is 33.6 Å². The van der Waals surface area contributed by atoms with Crippen LogP contribution in [-0.4, -0.2) is 19.3 Å². The molecule has 0 fully saturated rings. The van der Waals surface area contributed by atoms with Crippen LogP contribution in [0.1, 0.15) is 23.8 Å². The third-order valence-electron chi connectivity index (χ3n) is 6.32. The number of fused-ring (bicyclic) bond motifs is 9. The summed E-state index contributed by atoms with van der Waals surface area (Å²) in [6.45, 7) is 2.19. The van der Waals surface area contributed by atoms with Gasteiger partial charge in [-0.25, -0.2) is 0 Å². The van der Waals surface area contributed by atoms with Crippen molar-refractivity contribution in [1.82, 2.24) is 19.3 Å². The van der Waals surface area contributed by atoms with Crippen LogP contribution in [-0.2, 0) is 0 Å². The molecular weight excluding hydrogens is 388 g/mol. The summed E-state index contributed by atoms with van der Waals surface area (Å²) in [7, 11) is 0. The highest BCUT2D eigenvalue weighted by molar-refractivity contribution is 8.03. The highest BCUT2D eigenvalue weighted by Crippen LogP contribution is 2.56. The van der Waals surface area contributed by atoms with Crippen LogP contribution in [0.3, 0.4) is 0 Å². The summed E-state index contributed by atoms with van der Waals surface area (Å²) in [6, 6.07) is 19.6. The molecule has 5 heteroatoms. The van der Waals surface area contributed by atoms with Crippen molar-refractivity contribution in [2.45, 2.75) is 18.2 Å². The molecule has 0 radical (unpaired) electrons. The number of thioether (sulfide) groups is 1. The first-order valence-corrected chi connectivity index (χ1v) is 11.0. The van der Waals surface area contributed by atoms with E-state index in [1.165, 1.54) is 43.5 Å². The Kier molecular flexibility index (Phi) is 3.22. The number of aromatic nitrogens is 4. The van der Waals surface area contributed by atoms with Crippen molar-refractivity contribution in [2.75, 3.05) is 0 Å². The van der Waals surface area contributed by atoms with Gasteiger partial charge in [0.05, 0.1) is 39.9 Å². The molecule has 0 amide bonds. The van der Waals surface area contributed by atoms with Gasteiger partial charge in [-0.05, 0) is 41.7 Å². The predicted octanol–water partition coefficient (Wildman–Crippen LogP) is 6.29. The largest absolute Gasteiger partial charge is 0.306 e. The van der Waals surface area contributed by atoms with Crippen molar-refractivity contribution in [2.24, 2.45) is 0 Å². The summed E-state index contributed by atoms with van der Waals surface area (Å²) in [5.41, 5.74) is 7.25. The zero-order chi connectivity index (χ0) is 19.8. The molecule has 0 saturated heterocycles. The minimum atomic E-state index is 0.226. The van der Waals surface area contributed by atoms with Gasteiger partial charge in [0.2, 0.25) is 0 Å². The summed E-state index contributed by atoms with van der Waals surface area (Å²) in [6.07, 6.45) is 8.31. The van der Waals surface area contributed by atoms with Crippen molar-refractivity contribution in [3.05, 3.63) is 89.7 Å². The van der Waals surface area contributed by atoms with Crippen LogP contribution in [0.5, 0.6) is 0 Å². The number of hydrogen-bond acceptors (Lipinski definition) is 3. The van der Waals surface area contributed by atoms with Crippen LogP contribution in [0.4, 0.5) is 0 Å². The summed E-state index contributed by atoms with van der Waals surface area (Å²) in [4.78, 5) is 5.81. The Labute approximate surface area is 177 Å². The standard InChI is InChI=1S/C25H18N4S/c1-15-12-22-25(30-15)19-13-26-11-10-18(19)24-23(14-27-29(22)24)28-20-8-4-2-6-16(20)17-7-3-5-9-21(17)28/h2-14,22,25H,1H3. The predicted molar refractivity (Wildman–Crippen MR) is 123 cm³/mol. The first kappa shape index (κ1) is 16.5. The minimum absolute atomic E-state index is 0.226. The molecule has 30 heavy (non-hydrogen) atoms. The number of rotatable bonds is 1. The van der Waals surface area contributed by atoms with E-state index in [4.69, 9.17) is 5.10 Å². The molecule has 144 valence electrons. The molecule has 2 aromatic carbocycles. The molecule has 3 aromatic heterocycles. The van der Waals surface area contributed by atoms with Gasteiger partial charge in [-0.3, -0.25) is 9.67 Å². The molecule has 2 aliphatic heterocycles. The first-order chi connectivity index (χ1) is 14.8. The lowest BCUT2D eigenvalue weighted by Crippen LogP contribution is -2.20. The fourth-order valence-electron chi connectivity index (χ4n) is 5.12. The van der Waals surface area contributed by atoms with Gasteiger partial charge in [0.25, 0.3) is 0 Å². The van der Waals surface area contributed by atoms with Crippen LogP contribution in [0.2, 0.25) is 0 Å². The monoisotopic (exact) mass is 406 g/mol. The van der Waals surface area contributed by atoms with E-state index in [0.29, 0.717) is 5.25 Å². The van der Waals surface area contributed by atoms with E-state index < -0.39 is 0 Å². The summed E-state index contributed by atoms with van der Waals surface area (Å²) < 4.78 is 4.59. The van der Waals surface area contributed by atoms with E-state index in [-0.39, 0.29) is 6.04 Å². The second-order valence-electron chi connectivity index (χ2n) is 7.96. The van der Waals surface area contributed by atoms with Gasteiger partial charge >= 0.3 is 0 Å². The Bertz CT molecular complexity index is 1450. The second kappa shape index (κ2) is 5.86. The van der Waals surface area contributed by atoms with Crippen LogP contribution < -0.4 is 0 Å². The Morgan fingerprint density at radius 2 is 1.63 bits per heavy atom. The van der Waals surface area contributed by atoms with Crippen molar-refractivity contribution in [3.63, 3.8) is 0 Å². The minimum Gasteiger partial charge on any atom is -0.306 e. The third-order valence-corrected chi connectivity index (χ3v) is 7.62. The quantitative estimate of drug-likeness (QED) is 0.328. The highest BCUT2D eigenvalue weighted by atomic mass is 32.2. The van der Waals surface area contributed by atoms with E-state index in [9.17, 15) is 0 Å². The molecule has 0 aliphatic carbocycles. The lowest BCUT2D eigenvalue weighted by atomic mass is 9.94. The van der Waals surface area contributed by atoms with Crippen LogP contribution in [0, 0.1) is 0 Å². The number of para-hydroxylation sites is 2. The molecular formula is C25H18N4S. The molecule has 2 aliphatic rings. The molecule has 0 bridgehead atoms. The van der Waals surface area contributed by atoms with Gasteiger partial charge < -0.3 is 4.57 Å². The topological polar surface area (TPSA) is 35.6 Å². The summed E-state index contributed by atoms with van der Waals surface area (Å²) in [5.74, 6) is 0. The van der Waals surface area contributed by atoms with Gasteiger partial charge in [-0.2, -0.15) is 5.10 Å². The van der Waals surface area contributed by atoms with E-state index in [0.717, 1.165) is 5.69 Å². The molecule has 5 aromatic rings. The van der Waals surface area contributed by atoms with Crippen LogP contribution >= 0.6 is 11.8 Å². The average Bonchev–Trinajstić information content (AvgIpc) is 3.47. The Morgan fingerprint density at radius 3 is 2.40 bits per heavy atom. The second-order valence-corrected chi connectivity index (χ2v) is 9.35. The number of allylic oxidation sites excluding steroid dienone is 2. The molecule has 5 heterocycles. The van der Waals surface area contributed by atoms with Gasteiger partial charge in [-0.1, -0.05) is 36.4 Å². The molecule has 2 atom stereocenters. The Balaban J connectivity index is 1.60. The van der Waals surface area contributed by atoms with Gasteiger partial charge in [0.15, 0.2) is 0 Å². The van der Waals surface area contributed by atoms with Crippen LogP contribution in [0.15, 0.2) is 84.2 Å². The molecule has 4 nitrogen and oxygen atoms in total. The van der Waals surface area contributed by atoms with E-state index >= 15 is 0 Å². The maximum absolute atomic E-state index is 4.92. The first-order valence-electron chi connectivity index (χ1n) is 10.2. The molecule has 0 N–H and O–H groups in total. The number of pyridine rings is 1. The smallest absolute Gasteiger partial charge is 0.0935 e. The van der Waals surface area contributed by atoms with Gasteiger partial charge in [0.1, 0.15) is 0 Å². The number of hydrogen-bond donors (Lipinski definition) is 0. The summed E-state index contributed by atoms with van der Waals surface area (Å²) in [5, 5.41) is 7.79. The maximum Gasteiger partial charge on any atom is 0.0935 e. The lowest BCUT2D eigenvalue weighted by molar-refractivity contribution is 0.526. The number of nitrogens with zero attached hydrogens (tertiary/aromatic N) is 4. The molecule has 2 unspecified atom stereocenters. The van der Waals surface area contributed by atoms with Crippen molar-refractivity contribution < 1.29 is 0 Å². The van der Waals surface area contributed by atoms with Crippen molar-refractivity contribution in [1.29, 1.82) is 0 Å². The normalized spacial score (nSPS) is 19.6. The molecule has 7 rings (SSSR count). The number of benzene rings is 2. The Morgan fingerprint density at radius 1 is 0.900 bits per heavy atom. The average molecular weight is 407 g/mol. The fourth-order valence-corrected chi connectivity index (χ4v) is 6.39. The fraction of sp³-hybridized carbons (Fsp3) is 0.120. The van der Waals surface area contributed by atoms with Crippen LogP contribution in [0.25, 0.3) is 38.8 Å². The van der Waals surface area contributed by atoms with E-state index in [2.05, 4.69) is 81.8 Å². The zero-order valence-corrected chi connectivity index (χ0v) is 17.2. The third kappa shape index (κ3) is 2.03. The molecule has 0 saturated carbocycles. The summed E-state index contributed by atoms with van der Waals surface area (Å²) >= 11 is 1.92. The SMILES string of the molecule is CC1=CC2C(S1)c1cnccc1-c1c(-n3c4ccccc4c4ccccc43)cnn12. The highest BCUT2D eigenvalue weighted by Gasteiger charge is 2.39. The lowest BCUT2D eigenvalue weighted by Gasteiger charge is -2.29. The van der Waals surface area contributed by atoms with E-state index in [1.807, 2.05) is 30.4 Å². The van der Waals surface area contributed by atoms with Crippen molar-refractivity contribution in [3.8, 4) is 16.9 Å². The van der Waals surface area contributed by atoms with Gasteiger partial charge in [0, 0.05) is 28.7 Å².